The first-order valence-electron chi connectivity index (χ1n) is 7.20. The Hall–Kier alpha value is -2.03. The number of carbonyl (C=O) groups is 1. The molecule has 1 aromatic rings. The third-order valence-corrected chi connectivity index (χ3v) is 3.40. The van der Waals surface area contributed by atoms with E-state index in [1.54, 1.807) is 33.4 Å². The van der Waals surface area contributed by atoms with E-state index in [0.29, 0.717) is 32.0 Å². The van der Waals surface area contributed by atoms with Crippen molar-refractivity contribution < 1.29 is 19.2 Å². The zero-order valence-electron chi connectivity index (χ0n) is 13.7. The Kier molecular flexibility index (Phi) is 8.17. The van der Waals surface area contributed by atoms with Crippen LogP contribution in [0, 0.1) is 10.1 Å². The molecule has 0 saturated heterocycles. The summed E-state index contributed by atoms with van der Waals surface area (Å²) in [6, 6.07) is 5.88. The van der Waals surface area contributed by atoms with Gasteiger partial charge in [-0.2, -0.15) is 0 Å². The SMILES string of the molecule is COCCN(CCOC)CC(=O)N(C)c1ccc([N+](=O)[O-])cc1. The van der Waals surface area contributed by atoms with Crippen LogP contribution < -0.4 is 4.90 Å². The summed E-state index contributed by atoms with van der Waals surface area (Å²) in [7, 11) is 4.87. The van der Waals surface area contributed by atoms with Crippen LogP contribution in [0.3, 0.4) is 0 Å². The highest BCUT2D eigenvalue weighted by Crippen LogP contribution is 2.18. The Bertz CT molecular complexity index is 498. The number of benzene rings is 1. The minimum absolute atomic E-state index is 0.00332. The Morgan fingerprint density at radius 3 is 2.09 bits per heavy atom. The lowest BCUT2D eigenvalue weighted by atomic mass is 10.2. The van der Waals surface area contributed by atoms with Gasteiger partial charge in [-0.15, -0.1) is 0 Å². The van der Waals surface area contributed by atoms with Crippen LogP contribution in [0.2, 0.25) is 0 Å². The maximum Gasteiger partial charge on any atom is 0.269 e. The van der Waals surface area contributed by atoms with Crippen LogP contribution in [-0.4, -0.2) is 69.8 Å². The van der Waals surface area contributed by atoms with Crippen LogP contribution in [0.15, 0.2) is 24.3 Å². The number of hydrogen-bond donors (Lipinski definition) is 0. The highest BCUT2D eigenvalue weighted by atomic mass is 16.6. The van der Waals surface area contributed by atoms with E-state index >= 15 is 0 Å². The van der Waals surface area contributed by atoms with E-state index in [1.807, 2.05) is 4.90 Å². The van der Waals surface area contributed by atoms with Crippen molar-refractivity contribution in [2.45, 2.75) is 0 Å². The van der Waals surface area contributed by atoms with E-state index in [4.69, 9.17) is 9.47 Å². The van der Waals surface area contributed by atoms with Crippen LogP contribution in [-0.2, 0) is 14.3 Å². The smallest absolute Gasteiger partial charge is 0.269 e. The highest BCUT2D eigenvalue weighted by Gasteiger charge is 2.16. The molecule has 0 bridgehead atoms. The van der Waals surface area contributed by atoms with Crippen molar-refractivity contribution in [2.75, 3.05) is 59.0 Å². The summed E-state index contributed by atoms with van der Waals surface area (Å²) in [5.74, 6) is -0.106. The minimum atomic E-state index is -0.469. The molecule has 1 rings (SSSR count). The third kappa shape index (κ3) is 6.31. The van der Waals surface area contributed by atoms with Gasteiger partial charge in [0.2, 0.25) is 5.91 Å². The average Bonchev–Trinajstić information content (AvgIpc) is 2.56. The van der Waals surface area contributed by atoms with Gasteiger partial charge in [0.1, 0.15) is 0 Å². The van der Waals surface area contributed by atoms with Gasteiger partial charge in [0, 0.05) is 52.2 Å². The summed E-state index contributed by atoms with van der Waals surface area (Å²) >= 11 is 0. The second-order valence-corrected chi connectivity index (χ2v) is 4.99. The molecule has 0 radical (unpaired) electrons. The summed E-state index contributed by atoms with van der Waals surface area (Å²) < 4.78 is 10.1. The summed E-state index contributed by atoms with van der Waals surface area (Å²) in [6.07, 6.45) is 0. The fourth-order valence-electron chi connectivity index (χ4n) is 1.95. The summed E-state index contributed by atoms with van der Waals surface area (Å²) in [6.45, 7) is 2.52. The zero-order valence-corrected chi connectivity index (χ0v) is 13.7. The summed E-state index contributed by atoms with van der Waals surface area (Å²) in [5, 5.41) is 10.7. The first-order chi connectivity index (χ1) is 11.0. The lowest BCUT2D eigenvalue weighted by molar-refractivity contribution is -0.384. The number of ether oxygens (including phenoxy) is 2. The number of carbonyl (C=O) groups excluding carboxylic acids is 1. The lowest BCUT2D eigenvalue weighted by Crippen LogP contribution is -2.41. The molecule has 0 saturated carbocycles. The Labute approximate surface area is 135 Å². The van der Waals surface area contributed by atoms with Crippen molar-refractivity contribution in [3.8, 4) is 0 Å². The normalized spacial score (nSPS) is 10.8. The van der Waals surface area contributed by atoms with Gasteiger partial charge in [-0.05, 0) is 12.1 Å². The standard InChI is InChI=1S/C15H23N3O5/c1-16(13-4-6-14(7-5-13)18(20)21)15(19)12-17(8-10-22-2)9-11-23-3/h4-7H,8-12H2,1-3H3. The molecule has 1 amide bonds. The fraction of sp³-hybridized carbons (Fsp3) is 0.533. The van der Waals surface area contributed by atoms with Crippen LogP contribution in [0.1, 0.15) is 0 Å². The molecule has 0 aliphatic rings. The highest BCUT2D eigenvalue weighted by molar-refractivity contribution is 5.94. The number of rotatable bonds is 10. The number of nitrogens with zero attached hydrogens (tertiary/aromatic N) is 3. The van der Waals surface area contributed by atoms with Crippen molar-refractivity contribution in [1.29, 1.82) is 0 Å². The van der Waals surface area contributed by atoms with Crippen LogP contribution >= 0.6 is 0 Å². The maximum absolute atomic E-state index is 12.4. The molecule has 0 heterocycles. The van der Waals surface area contributed by atoms with E-state index in [1.165, 1.54) is 17.0 Å². The van der Waals surface area contributed by atoms with Crippen molar-refractivity contribution in [3.05, 3.63) is 34.4 Å². The van der Waals surface area contributed by atoms with Gasteiger partial charge in [-0.3, -0.25) is 19.8 Å². The predicted octanol–water partition coefficient (Wildman–Crippen LogP) is 1.15. The van der Waals surface area contributed by atoms with Crippen molar-refractivity contribution in [3.63, 3.8) is 0 Å². The molecule has 0 atom stereocenters. The molecular weight excluding hydrogens is 302 g/mol. The maximum atomic E-state index is 12.4. The molecule has 128 valence electrons. The molecule has 1 aromatic carbocycles. The van der Waals surface area contributed by atoms with Crippen LogP contribution in [0.5, 0.6) is 0 Å². The topological polar surface area (TPSA) is 85.2 Å². The average molecular weight is 325 g/mol. The second-order valence-electron chi connectivity index (χ2n) is 4.99. The largest absolute Gasteiger partial charge is 0.383 e. The Morgan fingerprint density at radius 2 is 1.65 bits per heavy atom. The number of nitro groups is 1. The van der Waals surface area contributed by atoms with Crippen molar-refractivity contribution in [2.24, 2.45) is 0 Å². The number of methoxy groups -OCH3 is 2. The van der Waals surface area contributed by atoms with E-state index in [0.717, 1.165) is 0 Å². The van der Waals surface area contributed by atoms with Gasteiger partial charge >= 0.3 is 0 Å². The van der Waals surface area contributed by atoms with Gasteiger partial charge < -0.3 is 14.4 Å². The number of nitro benzene ring substituents is 1. The third-order valence-electron chi connectivity index (χ3n) is 3.40. The van der Waals surface area contributed by atoms with Crippen LogP contribution in [0.4, 0.5) is 11.4 Å². The molecule has 0 fully saturated rings. The van der Waals surface area contributed by atoms with Gasteiger partial charge in [-0.1, -0.05) is 0 Å². The van der Waals surface area contributed by atoms with Crippen LogP contribution in [0.25, 0.3) is 0 Å². The molecule has 23 heavy (non-hydrogen) atoms. The first-order valence-corrected chi connectivity index (χ1v) is 7.20. The van der Waals surface area contributed by atoms with E-state index < -0.39 is 4.92 Å². The summed E-state index contributed by atoms with van der Waals surface area (Å²) in [4.78, 5) is 26.0. The molecule has 0 aliphatic heterocycles. The predicted molar refractivity (Wildman–Crippen MR) is 86.7 cm³/mol. The number of non-ortho nitro benzene ring substituents is 1. The van der Waals surface area contributed by atoms with Crippen molar-refractivity contribution >= 4 is 17.3 Å². The number of likely N-dealkylation sites (N-methyl/N-ethyl adjacent to an activating group) is 1. The molecule has 8 nitrogen and oxygen atoms in total. The number of amides is 1. The first kappa shape index (κ1) is 19.0. The monoisotopic (exact) mass is 325 g/mol. The van der Waals surface area contributed by atoms with Gasteiger partial charge in [0.15, 0.2) is 0 Å². The van der Waals surface area contributed by atoms with Crippen molar-refractivity contribution in [1.82, 2.24) is 4.90 Å². The quantitative estimate of drug-likeness (QED) is 0.474. The summed E-state index contributed by atoms with van der Waals surface area (Å²) in [5.41, 5.74) is 0.607. The molecule has 0 aliphatic carbocycles. The number of hydrogen-bond acceptors (Lipinski definition) is 6. The molecular formula is C15H23N3O5. The Balaban J connectivity index is 2.67. The fourth-order valence-corrected chi connectivity index (χ4v) is 1.95. The molecule has 8 heteroatoms. The Morgan fingerprint density at radius 1 is 1.13 bits per heavy atom. The minimum Gasteiger partial charge on any atom is -0.383 e. The van der Waals surface area contributed by atoms with E-state index in [-0.39, 0.29) is 18.1 Å². The molecule has 0 aromatic heterocycles. The second kappa shape index (κ2) is 9.88. The molecule has 0 unspecified atom stereocenters. The zero-order chi connectivity index (χ0) is 17.2. The van der Waals surface area contributed by atoms with E-state index in [2.05, 4.69) is 0 Å². The van der Waals surface area contributed by atoms with Gasteiger partial charge in [-0.25, -0.2) is 0 Å². The molecule has 0 spiro atoms. The lowest BCUT2D eigenvalue weighted by Gasteiger charge is -2.24. The van der Waals surface area contributed by atoms with Gasteiger partial charge in [0.25, 0.3) is 5.69 Å². The van der Waals surface area contributed by atoms with Gasteiger partial charge in [0.05, 0.1) is 24.7 Å². The van der Waals surface area contributed by atoms with E-state index in [9.17, 15) is 14.9 Å². The number of anilines is 1. The molecule has 0 N–H and O–H groups in total.